The molecule has 0 spiro atoms. The molecule has 1 fully saturated rings. The third-order valence-electron chi connectivity index (χ3n) is 5.50. The van der Waals surface area contributed by atoms with Crippen molar-refractivity contribution in [2.24, 2.45) is 5.92 Å². The molecule has 1 aliphatic heterocycles. The summed E-state index contributed by atoms with van der Waals surface area (Å²) in [6.45, 7) is 0.230. The number of ether oxygens (including phenoxy) is 5. The number of carbonyl (C=O) groups excluding carboxylic acids is 1. The Morgan fingerprint density at radius 3 is 2.27 bits per heavy atom. The van der Waals surface area contributed by atoms with Crippen molar-refractivity contribution in [1.29, 1.82) is 0 Å². The summed E-state index contributed by atoms with van der Waals surface area (Å²) >= 11 is 0. The van der Waals surface area contributed by atoms with Gasteiger partial charge in [0.1, 0.15) is 0 Å². The Bertz CT molecular complexity index is 1070. The molecule has 2 N–H and O–H groups in total. The fourth-order valence-electron chi connectivity index (χ4n) is 4.16. The van der Waals surface area contributed by atoms with E-state index in [1.165, 1.54) is 34.5 Å². The van der Waals surface area contributed by atoms with E-state index >= 15 is 0 Å². The molecule has 1 heterocycles. The van der Waals surface area contributed by atoms with E-state index < -0.39 is 5.97 Å². The highest BCUT2D eigenvalue weighted by Crippen LogP contribution is 2.55. The van der Waals surface area contributed by atoms with Crippen LogP contribution >= 0.6 is 0 Å². The number of hydrogen-bond acceptors (Lipinski definition) is 8. The maximum atomic E-state index is 12.4. The lowest BCUT2D eigenvalue weighted by Crippen LogP contribution is -2.12. The molecule has 0 saturated carbocycles. The Hall–Kier alpha value is -3.55. The van der Waals surface area contributed by atoms with E-state index in [0.717, 1.165) is 0 Å². The number of carbonyl (C=O) groups is 1. The Morgan fingerprint density at radius 1 is 0.933 bits per heavy atom. The van der Waals surface area contributed by atoms with Crippen LogP contribution in [0.5, 0.6) is 34.5 Å². The highest BCUT2D eigenvalue weighted by molar-refractivity contribution is 6.00. The minimum absolute atomic E-state index is 0.0962. The molecule has 4 rings (SSSR count). The Labute approximate surface area is 173 Å². The van der Waals surface area contributed by atoms with Gasteiger partial charge in [0.25, 0.3) is 0 Å². The molecule has 0 amide bonds. The molecule has 1 aliphatic carbocycles. The SMILES string of the molecule is COc1cc2c(c(OC)c1OC)-c1c(cc(O)c(O)c1OC)C[C@@H]1COC(=O)/C1=C/2. The average molecular weight is 414 g/mol. The fourth-order valence-corrected chi connectivity index (χ4v) is 4.16. The second-order valence-corrected chi connectivity index (χ2v) is 7.02. The molecule has 0 radical (unpaired) electrons. The van der Waals surface area contributed by atoms with Gasteiger partial charge in [-0.2, -0.15) is 0 Å². The molecule has 1 saturated heterocycles. The molecule has 0 aromatic heterocycles. The van der Waals surface area contributed by atoms with Crippen molar-refractivity contribution < 1.29 is 38.7 Å². The van der Waals surface area contributed by atoms with Gasteiger partial charge in [0.05, 0.1) is 35.0 Å². The van der Waals surface area contributed by atoms with Crippen molar-refractivity contribution in [3.63, 3.8) is 0 Å². The van der Waals surface area contributed by atoms with Crippen LogP contribution in [0.25, 0.3) is 17.2 Å². The van der Waals surface area contributed by atoms with E-state index in [0.29, 0.717) is 51.5 Å². The van der Waals surface area contributed by atoms with E-state index in [9.17, 15) is 15.0 Å². The summed E-state index contributed by atoms with van der Waals surface area (Å²) in [6, 6.07) is 3.20. The summed E-state index contributed by atoms with van der Waals surface area (Å²) in [4.78, 5) is 12.4. The standard InChI is InChI=1S/C22H22O8/c1-26-15-8-11-6-13-12(9-30-22(13)25)5-10-7-14(23)18(24)20(28-3)16(10)17(11)21(29-4)19(15)27-2/h6-8,12,23-24H,5,9H2,1-4H3/b13-6+/t12-/m1/s1. The Kier molecular flexibility index (Phi) is 4.85. The number of rotatable bonds is 4. The summed E-state index contributed by atoms with van der Waals surface area (Å²) in [5.74, 6) is -0.0985. The van der Waals surface area contributed by atoms with Crippen LogP contribution < -0.4 is 18.9 Å². The first-order valence-electron chi connectivity index (χ1n) is 9.28. The quantitative estimate of drug-likeness (QED) is 0.581. The number of esters is 1. The predicted octanol–water partition coefficient (Wildman–Crippen LogP) is 2.91. The van der Waals surface area contributed by atoms with Gasteiger partial charge in [-0.05, 0) is 35.8 Å². The van der Waals surface area contributed by atoms with Gasteiger partial charge in [0.2, 0.25) is 11.5 Å². The highest BCUT2D eigenvalue weighted by atomic mass is 16.5. The van der Waals surface area contributed by atoms with Crippen molar-refractivity contribution in [3.8, 4) is 45.6 Å². The topological polar surface area (TPSA) is 104 Å². The number of cyclic esters (lactones) is 1. The average Bonchev–Trinajstić information content (AvgIpc) is 3.07. The molecular formula is C22H22O8. The molecule has 2 aliphatic rings. The van der Waals surface area contributed by atoms with Gasteiger partial charge < -0.3 is 33.9 Å². The van der Waals surface area contributed by atoms with Crippen LogP contribution in [0.15, 0.2) is 17.7 Å². The lowest BCUT2D eigenvalue weighted by molar-refractivity contribution is -0.135. The third-order valence-corrected chi connectivity index (χ3v) is 5.50. The van der Waals surface area contributed by atoms with E-state index in [1.54, 1.807) is 12.1 Å². The van der Waals surface area contributed by atoms with Crippen LogP contribution in [0.3, 0.4) is 0 Å². The van der Waals surface area contributed by atoms with Crippen molar-refractivity contribution in [3.05, 3.63) is 28.8 Å². The normalized spacial score (nSPS) is 18.6. The molecule has 30 heavy (non-hydrogen) atoms. The first-order chi connectivity index (χ1) is 14.4. The van der Waals surface area contributed by atoms with Crippen molar-refractivity contribution in [1.82, 2.24) is 0 Å². The number of methoxy groups -OCH3 is 4. The van der Waals surface area contributed by atoms with Crippen LogP contribution in [-0.2, 0) is 16.0 Å². The molecule has 8 nitrogen and oxygen atoms in total. The third kappa shape index (κ3) is 2.79. The number of phenolic OH excluding ortho intramolecular Hbond substituents is 2. The zero-order valence-electron chi connectivity index (χ0n) is 17.1. The molecule has 2 aromatic rings. The Morgan fingerprint density at radius 2 is 1.63 bits per heavy atom. The number of fused-ring (bicyclic) bond motifs is 4. The van der Waals surface area contributed by atoms with Crippen LogP contribution in [0.4, 0.5) is 0 Å². The largest absolute Gasteiger partial charge is 0.504 e. The zero-order chi connectivity index (χ0) is 21.6. The summed E-state index contributed by atoms with van der Waals surface area (Å²) < 4.78 is 27.4. The van der Waals surface area contributed by atoms with Gasteiger partial charge in [-0.25, -0.2) is 4.79 Å². The molecular weight excluding hydrogens is 392 g/mol. The molecule has 1 atom stereocenters. The summed E-state index contributed by atoms with van der Waals surface area (Å²) in [7, 11) is 5.89. The fraction of sp³-hybridized carbons (Fsp3) is 0.318. The van der Waals surface area contributed by atoms with E-state index in [2.05, 4.69) is 0 Å². The number of hydrogen-bond donors (Lipinski definition) is 2. The summed E-state index contributed by atoms with van der Waals surface area (Å²) in [6.07, 6.45) is 2.14. The van der Waals surface area contributed by atoms with Gasteiger partial charge in [-0.3, -0.25) is 0 Å². The minimum Gasteiger partial charge on any atom is -0.504 e. The van der Waals surface area contributed by atoms with Crippen molar-refractivity contribution in [2.75, 3.05) is 35.0 Å². The lowest BCUT2D eigenvalue weighted by atomic mass is 9.82. The number of phenols is 2. The monoisotopic (exact) mass is 414 g/mol. The molecule has 158 valence electrons. The Balaban J connectivity index is 2.19. The van der Waals surface area contributed by atoms with E-state index in [-0.39, 0.29) is 29.8 Å². The van der Waals surface area contributed by atoms with Crippen LogP contribution in [0.2, 0.25) is 0 Å². The van der Waals surface area contributed by atoms with E-state index in [1.807, 2.05) is 0 Å². The van der Waals surface area contributed by atoms with Crippen LogP contribution in [-0.4, -0.2) is 51.2 Å². The summed E-state index contributed by atoms with van der Waals surface area (Å²) in [5.41, 5.74) is 2.87. The molecule has 0 unspecified atom stereocenters. The van der Waals surface area contributed by atoms with Gasteiger partial charge >= 0.3 is 5.97 Å². The molecule has 2 aromatic carbocycles. The zero-order valence-corrected chi connectivity index (χ0v) is 17.1. The molecule has 8 heteroatoms. The second kappa shape index (κ2) is 7.37. The summed E-state index contributed by atoms with van der Waals surface area (Å²) in [5, 5.41) is 20.8. The smallest absolute Gasteiger partial charge is 0.334 e. The number of aromatic hydroxyl groups is 2. The lowest BCUT2D eigenvalue weighted by Gasteiger charge is -2.25. The first-order valence-corrected chi connectivity index (χ1v) is 9.28. The molecule has 0 bridgehead atoms. The number of benzene rings is 2. The minimum atomic E-state index is -0.391. The maximum Gasteiger partial charge on any atom is 0.334 e. The predicted molar refractivity (Wildman–Crippen MR) is 108 cm³/mol. The van der Waals surface area contributed by atoms with Gasteiger partial charge in [0.15, 0.2) is 23.0 Å². The highest BCUT2D eigenvalue weighted by Gasteiger charge is 2.36. The van der Waals surface area contributed by atoms with Crippen LogP contribution in [0, 0.1) is 5.92 Å². The van der Waals surface area contributed by atoms with Crippen LogP contribution in [0.1, 0.15) is 11.1 Å². The van der Waals surface area contributed by atoms with E-state index in [4.69, 9.17) is 23.7 Å². The first kappa shape index (κ1) is 19.8. The van der Waals surface area contributed by atoms with Gasteiger partial charge in [0, 0.05) is 22.6 Å². The van der Waals surface area contributed by atoms with Gasteiger partial charge in [-0.1, -0.05) is 0 Å². The second-order valence-electron chi connectivity index (χ2n) is 7.02. The van der Waals surface area contributed by atoms with Crippen molar-refractivity contribution >= 4 is 12.0 Å². The van der Waals surface area contributed by atoms with Gasteiger partial charge in [-0.15, -0.1) is 0 Å². The van der Waals surface area contributed by atoms with Crippen molar-refractivity contribution in [2.45, 2.75) is 6.42 Å². The maximum absolute atomic E-state index is 12.4.